The molecule has 0 fully saturated rings. The van der Waals surface area contributed by atoms with Crippen molar-refractivity contribution in [2.45, 2.75) is 5.16 Å². The van der Waals surface area contributed by atoms with Gasteiger partial charge in [0.15, 0.2) is 10.9 Å². The van der Waals surface area contributed by atoms with Crippen molar-refractivity contribution in [1.82, 2.24) is 9.97 Å². The van der Waals surface area contributed by atoms with Crippen LogP contribution in [0.2, 0.25) is 0 Å². The van der Waals surface area contributed by atoms with Crippen LogP contribution >= 0.6 is 11.8 Å². The van der Waals surface area contributed by atoms with Crippen LogP contribution in [0.3, 0.4) is 0 Å². The highest BCUT2D eigenvalue weighted by Gasteiger charge is 2.13. The number of benzene rings is 1. The molecule has 4 N–H and O–H groups in total. The van der Waals surface area contributed by atoms with Gasteiger partial charge in [-0.3, -0.25) is 4.79 Å². The molecule has 1 heterocycles. The number of phenolic OH excluding ortho intramolecular Hbond substituents is 2. The van der Waals surface area contributed by atoms with Gasteiger partial charge in [-0.15, -0.1) is 0 Å². The van der Waals surface area contributed by atoms with E-state index < -0.39 is 0 Å². The number of thioether (sulfide) groups is 1. The van der Waals surface area contributed by atoms with E-state index in [1.165, 1.54) is 18.3 Å². The molecule has 7 nitrogen and oxygen atoms in total. The van der Waals surface area contributed by atoms with Gasteiger partial charge in [0, 0.05) is 6.07 Å². The van der Waals surface area contributed by atoms with E-state index in [0.29, 0.717) is 0 Å². The number of anilines is 1. The van der Waals surface area contributed by atoms with Crippen molar-refractivity contribution in [1.29, 1.82) is 5.26 Å². The maximum atomic E-state index is 12.0. The molecular formula is C13H10N4O3S. The molecule has 0 aliphatic heterocycles. The zero-order valence-electron chi connectivity index (χ0n) is 10.6. The van der Waals surface area contributed by atoms with E-state index in [9.17, 15) is 15.0 Å². The van der Waals surface area contributed by atoms with Gasteiger partial charge in [0.2, 0.25) is 0 Å². The summed E-state index contributed by atoms with van der Waals surface area (Å²) in [6.45, 7) is 0. The van der Waals surface area contributed by atoms with Crippen LogP contribution in [0.4, 0.5) is 5.82 Å². The van der Waals surface area contributed by atoms with Crippen LogP contribution in [-0.4, -0.2) is 31.7 Å². The van der Waals surface area contributed by atoms with Crippen LogP contribution in [0.1, 0.15) is 15.9 Å². The van der Waals surface area contributed by atoms with Gasteiger partial charge in [0.25, 0.3) is 0 Å². The highest BCUT2D eigenvalue weighted by atomic mass is 32.2. The Balaban J connectivity index is 2.07. The molecule has 0 unspecified atom stereocenters. The second-order valence-corrected chi connectivity index (χ2v) is 4.92. The number of nitriles is 1. The van der Waals surface area contributed by atoms with Crippen LogP contribution in [0, 0.1) is 11.3 Å². The van der Waals surface area contributed by atoms with E-state index in [0.717, 1.165) is 17.8 Å². The minimum absolute atomic E-state index is 0.0102. The fraction of sp³-hybridized carbons (Fsp3) is 0.0769. The van der Waals surface area contributed by atoms with Crippen molar-refractivity contribution < 1.29 is 15.0 Å². The Kier molecular flexibility index (Phi) is 4.25. The van der Waals surface area contributed by atoms with Gasteiger partial charge in [0.1, 0.15) is 28.9 Å². The fourth-order valence-electron chi connectivity index (χ4n) is 1.50. The third-order valence-corrected chi connectivity index (χ3v) is 3.39. The summed E-state index contributed by atoms with van der Waals surface area (Å²) in [7, 11) is 0. The maximum absolute atomic E-state index is 12.0. The quantitative estimate of drug-likeness (QED) is 0.437. The average molecular weight is 302 g/mol. The minimum Gasteiger partial charge on any atom is -0.508 e. The molecule has 106 valence electrons. The molecule has 0 aliphatic rings. The summed E-state index contributed by atoms with van der Waals surface area (Å²) in [4.78, 5) is 19.8. The van der Waals surface area contributed by atoms with E-state index in [1.807, 2.05) is 6.07 Å². The van der Waals surface area contributed by atoms with E-state index >= 15 is 0 Å². The third kappa shape index (κ3) is 3.40. The number of hydrogen-bond donors (Lipinski definition) is 3. The Morgan fingerprint density at radius 1 is 1.43 bits per heavy atom. The monoisotopic (exact) mass is 302 g/mol. The first-order chi connectivity index (χ1) is 10.0. The SMILES string of the molecule is N#Cc1cnc(SCC(=O)c2ccc(O)cc2O)nc1N. The van der Waals surface area contributed by atoms with Crippen LogP contribution in [0.25, 0.3) is 0 Å². The van der Waals surface area contributed by atoms with Crippen molar-refractivity contribution >= 4 is 23.4 Å². The number of aromatic hydroxyl groups is 2. The zero-order valence-corrected chi connectivity index (χ0v) is 11.5. The van der Waals surface area contributed by atoms with Gasteiger partial charge in [-0.05, 0) is 12.1 Å². The number of nitrogens with two attached hydrogens (primary N) is 1. The number of aromatic nitrogens is 2. The van der Waals surface area contributed by atoms with Gasteiger partial charge in [-0.2, -0.15) is 5.26 Å². The van der Waals surface area contributed by atoms with E-state index in [2.05, 4.69) is 9.97 Å². The van der Waals surface area contributed by atoms with Crippen LogP contribution in [0.15, 0.2) is 29.6 Å². The van der Waals surface area contributed by atoms with Crippen molar-refractivity contribution in [3.05, 3.63) is 35.5 Å². The van der Waals surface area contributed by atoms with Crippen LogP contribution < -0.4 is 5.73 Å². The zero-order chi connectivity index (χ0) is 15.4. The lowest BCUT2D eigenvalue weighted by molar-refractivity contribution is 0.102. The molecule has 0 radical (unpaired) electrons. The van der Waals surface area contributed by atoms with Gasteiger partial charge in [-0.1, -0.05) is 11.8 Å². The van der Waals surface area contributed by atoms with Gasteiger partial charge in [-0.25, -0.2) is 9.97 Å². The summed E-state index contributed by atoms with van der Waals surface area (Å²) in [5, 5.41) is 27.7. The summed E-state index contributed by atoms with van der Waals surface area (Å²) in [6.07, 6.45) is 1.28. The molecule has 0 amide bonds. The molecule has 8 heteroatoms. The number of phenols is 2. The minimum atomic E-state index is -0.343. The number of ketones is 1. The number of Topliss-reactive ketones (excluding diaryl/α,β-unsaturated/α-hetero) is 1. The lowest BCUT2D eigenvalue weighted by atomic mass is 10.1. The van der Waals surface area contributed by atoms with Crippen molar-refractivity contribution in [3.8, 4) is 17.6 Å². The van der Waals surface area contributed by atoms with Crippen LogP contribution in [0.5, 0.6) is 11.5 Å². The molecule has 0 bridgehead atoms. The van der Waals surface area contributed by atoms with E-state index in [4.69, 9.17) is 11.0 Å². The smallest absolute Gasteiger partial charge is 0.189 e. The molecule has 1 aromatic carbocycles. The summed E-state index contributed by atoms with van der Waals surface area (Å²) in [6, 6.07) is 5.58. The van der Waals surface area contributed by atoms with Crippen LogP contribution in [-0.2, 0) is 0 Å². The first-order valence-electron chi connectivity index (χ1n) is 5.72. The first kappa shape index (κ1) is 14.6. The molecular weight excluding hydrogens is 292 g/mol. The number of hydrogen-bond acceptors (Lipinski definition) is 8. The summed E-state index contributed by atoms with van der Waals surface area (Å²) in [5.74, 6) is -0.719. The standard InChI is InChI=1S/C13H10N4O3S/c14-4-7-5-16-13(17-12(7)15)21-6-11(20)9-2-1-8(18)3-10(9)19/h1-3,5,18-19H,6H2,(H2,15,16,17). The largest absolute Gasteiger partial charge is 0.508 e. The average Bonchev–Trinajstić information content (AvgIpc) is 2.45. The lowest BCUT2D eigenvalue weighted by Gasteiger charge is -2.04. The van der Waals surface area contributed by atoms with Gasteiger partial charge < -0.3 is 15.9 Å². The maximum Gasteiger partial charge on any atom is 0.189 e. The molecule has 0 atom stereocenters. The number of carbonyl (C=O) groups is 1. The van der Waals surface area contributed by atoms with Crippen molar-refractivity contribution in [2.75, 3.05) is 11.5 Å². The number of carbonyl (C=O) groups excluding carboxylic acids is 1. The third-order valence-electron chi connectivity index (χ3n) is 2.53. The first-order valence-corrected chi connectivity index (χ1v) is 6.70. The highest BCUT2D eigenvalue weighted by Crippen LogP contribution is 2.25. The van der Waals surface area contributed by atoms with Crippen molar-refractivity contribution in [2.24, 2.45) is 0 Å². The molecule has 0 saturated heterocycles. The number of rotatable bonds is 4. The normalized spacial score (nSPS) is 10.0. The second-order valence-electron chi connectivity index (χ2n) is 3.98. The summed E-state index contributed by atoms with van der Waals surface area (Å²) >= 11 is 1.03. The Labute approximate surface area is 124 Å². The summed E-state index contributed by atoms with van der Waals surface area (Å²) in [5.41, 5.74) is 5.82. The Bertz CT molecular complexity index is 743. The van der Waals surface area contributed by atoms with E-state index in [-0.39, 0.29) is 45.1 Å². The molecule has 0 saturated carbocycles. The van der Waals surface area contributed by atoms with Gasteiger partial charge >= 0.3 is 0 Å². The lowest BCUT2D eigenvalue weighted by Crippen LogP contribution is -2.04. The molecule has 1 aromatic heterocycles. The highest BCUT2D eigenvalue weighted by molar-refractivity contribution is 7.99. The number of nitrogens with zero attached hydrogens (tertiary/aromatic N) is 3. The molecule has 0 aliphatic carbocycles. The fourth-order valence-corrected chi connectivity index (χ4v) is 2.20. The van der Waals surface area contributed by atoms with E-state index in [1.54, 1.807) is 0 Å². The van der Waals surface area contributed by atoms with Crippen molar-refractivity contribution in [3.63, 3.8) is 0 Å². The Hall–Kier alpha value is -2.79. The Morgan fingerprint density at radius 2 is 2.19 bits per heavy atom. The Morgan fingerprint density at radius 3 is 2.81 bits per heavy atom. The second kappa shape index (κ2) is 6.11. The van der Waals surface area contributed by atoms with Gasteiger partial charge in [0.05, 0.1) is 17.5 Å². The predicted molar refractivity (Wildman–Crippen MR) is 76.0 cm³/mol. The topological polar surface area (TPSA) is 133 Å². The molecule has 21 heavy (non-hydrogen) atoms. The summed E-state index contributed by atoms with van der Waals surface area (Å²) < 4.78 is 0. The molecule has 2 aromatic rings. The molecule has 0 spiro atoms. The molecule has 2 rings (SSSR count). The predicted octanol–water partition coefficient (Wildman–Crippen LogP) is 1.32. The number of nitrogen functional groups attached to an aromatic ring is 1.